The van der Waals surface area contributed by atoms with Crippen LogP contribution in [-0.4, -0.2) is 57.2 Å². The van der Waals surface area contributed by atoms with E-state index >= 15 is 0 Å². The van der Waals surface area contributed by atoms with Gasteiger partial charge >= 0.3 is 0 Å². The molecule has 2 unspecified atom stereocenters. The molecule has 0 aliphatic carbocycles. The van der Waals surface area contributed by atoms with Gasteiger partial charge in [0, 0.05) is 28.5 Å². The minimum absolute atomic E-state index is 0.0251. The third-order valence-electron chi connectivity index (χ3n) is 4.64. The van der Waals surface area contributed by atoms with Gasteiger partial charge in [-0.15, -0.1) is 0 Å². The van der Waals surface area contributed by atoms with E-state index in [-0.39, 0.29) is 28.7 Å². The highest BCUT2D eigenvalue weighted by Gasteiger charge is 2.27. The number of ether oxygens (including phenoxy) is 1. The Morgan fingerprint density at radius 3 is 2.55 bits per heavy atom. The SMILES string of the molecule is BC(B)(B)Oc1cnc(C(=O)Nc2cc(F)c(F)c(C3CCC(CF)C(N)=N3)c2)cn1. The molecule has 160 valence electrons. The van der Waals surface area contributed by atoms with Gasteiger partial charge < -0.3 is 15.8 Å². The van der Waals surface area contributed by atoms with E-state index < -0.39 is 41.5 Å². The summed E-state index contributed by atoms with van der Waals surface area (Å²) in [6.07, 6.45) is 3.20. The summed E-state index contributed by atoms with van der Waals surface area (Å²) >= 11 is 0. The number of nitrogens with one attached hydrogen (secondary N) is 1. The molecule has 0 saturated carbocycles. The number of rotatable bonds is 6. The lowest BCUT2D eigenvalue weighted by atomic mass is 9.52. The molecule has 2 atom stereocenters. The summed E-state index contributed by atoms with van der Waals surface area (Å²) < 4.78 is 47.1. The summed E-state index contributed by atoms with van der Waals surface area (Å²) in [4.78, 5) is 24.6. The molecule has 1 aromatic carbocycles. The average molecular weight is 429 g/mol. The van der Waals surface area contributed by atoms with E-state index in [1.54, 1.807) is 0 Å². The van der Waals surface area contributed by atoms with Gasteiger partial charge in [0.05, 0.1) is 25.1 Å². The Morgan fingerprint density at radius 1 is 1.23 bits per heavy atom. The number of hydrogen-bond acceptors (Lipinski definition) is 6. The third kappa shape index (κ3) is 5.59. The normalized spacial score (nSPS) is 18.9. The lowest BCUT2D eigenvalue weighted by Gasteiger charge is -2.25. The second kappa shape index (κ2) is 9.03. The van der Waals surface area contributed by atoms with E-state index in [4.69, 9.17) is 10.5 Å². The van der Waals surface area contributed by atoms with E-state index in [1.807, 2.05) is 23.5 Å². The van der Waals surface area contributed by atoms with Crippen LogP contribution in [0.4, 0.5) is 18.9 Å². The number of nitrogens with two attached hydrogens (primary N) is 1. The largest absolute Gasteiger partial charge is 0.498 e. The molecule has 0 saturated heterocycles. The van der Waals surface area contributed by atoms with Crippen LogP contribution in [0.5, 0.6) is 5.88 Å². The summed E-state index contributed by atoms with van der Waals surface area (Å²) in [6, 6.07) is 1.39. The van der Waals surface area contributed by atoms with Crippen molar-refractivity contribution in [1.82, 2.24) is 9.97 Å². The number of nitrogens with zero attached hydrogens (tertiary/aromatic N) is 3. The second-order valence-electron chi connectivity index (χ2n) is 8.27. The summed E-state index contributed by atoms with van der Waals surface area (Å²) in [5.74, 6) is -3.08. The predicted molar refractivity (Wildman–Crippen MR) is 118 cm³/mol. The maximum atomic E-state index is 14.4. The Balaban J connectivity index is 1.79. The summed E-state index contributed by atoms with van der Waals surface area (Å²) in [5, 5.41) is 2.00. The quantitative estimate of drug-likeness (QED) is 0.614. The van der Waals surface area contributed by atoms with Crippen molar-refractivity contribution in [3.05, 3.63) is 47.4 Å². The number of benzene rings is 1. The van der Waals surface area contributed by atoms with Gasteiger partial charge in [0.1, 0.15) is 35.1 Å². The number of halogens is 3. The van der Waals surface area contributed by atoms with Crippen molar-refractivity contribution in [1.29, 1.82) is 0 Å². The van der Waals surface area contributed by atoms with Crippen LogP contribution >= 0.6 is 0 Å². The third-order valence-corrected chi connectivity index (χ3v) is 4.64. The molecule has 0 radical (unpaired) electrons. The van der Waals surface area contributed by atoms with E-state index in [9.17, 15) is 18.0 Å². The van der Waals surface area contributed by atoms with Gasteiger partial charge in [-0.3, -0.25) is 14.2 Å². The standard InChI is InChI=1S/C18H21B3F3N5O2/c19-18(20,21)31-14-7-26-13(6-27-14)17(30)28-9-3-10(15(24)11(23)4-9)12-2-1-8(5-22)16(25)29-12/h3-4,6-8,12H,1-2,5,19-21H2,(H2,25,29)(H,28,30). The number of amidine groups is 1. The maximum Gasteiger partial charge on any atom is 0.275 e. The Morgan fingerprint density at radius 2 is 1.97 bits per heavy atom. The van der Waals surface area contributed by atoms with Gasteiger partial charge in [-0.25, -0.2) is 18.7 Å². The summed E-state index contributed by atoms with van der Waals surface area (Å²) in [6.45, 7) is -0.657. The molecule has 3 rings (SSSR count). The highest BCUT2D eigenvalue weighted by molar-refractivity contribution is 6.58. The van der Waals surface area contributed by atoms with Crippen LogP contribution in [0.25, 0.3) is 0 Å². The number of hydrogen-bond donors (Lipinski definition) is 2. The minimum Gasteiger partial charge on any atom is -0.498 e. The van der Waals surface area contributed by atoms with Crippen LogP contribution in [0.3, 0.4) is 0 Å². The van der Waals surface area contributed by atoms with Gasteiger partial charge in [0.25, 0.3) is 5.91 Å². The molecule has 31 heavy (non-hydrogen) atoms. The molecule has 13 heteroatoms. The van der Waals surface area contributed by atoms with E-state index in [0.29, 0.717) is 12.8 Å². The van der Waals surface area contributed by atoms with Crippen molar-refractivity contribution in [2.24, 2.45) is 16.6 Å². The molecule has 1 aromatic heterocycles. The molecule has 0 spiro atoms. The van der Waals surface area contributed by atoms with E-state index in [1.165, 1.54) is 18.5 Å². The molecule has 1 aliphatic rings. The number of aromatic nitrogens is 2. The van der Waals surface area contributed by atoms with Crippen LogP contribution in [0.1, 0.15) is 34.9 Å². The number of anilines is 1. The lowest BCUT2D eigenvalue weighted by molar-refractivity contribution is 0.102. The van der Waals surface area contributed by atoms with Crippen molar-refractivity contribution in [3.63, 3.8) is 0 Å². The van der Waals surface area contributed by atoms with Gasteiger partial charge in [0.15, 0.2) is 11.6 Å². The molecule has 7 nitrogen and oxygen atoms in total. The summed E-state index contributed by atoms with van der Waals surface area (Å²) in [7, 11) is 5.53. The maximum absolute atomic E-state index is 14.4. The Bertz CT molecular complexity index is 1000. The first-order valence-electron chi connectivity index (χ1n) is 9.78. The fourth-order valence-corrected chi connectivity index (χ4v) is 3.16. The molecule has 3 N–H and O–H groups in total. The first-order chi connectivity index (χ1) is 14.6. The fraction of sp³-hybridized carbons (Fsp3) is 0.333. The van der Waals surface area contributed by atoms with Crippen molar-refractivity contribution in [3.8, 4) is 5.88 Å². The molecular formula is C18H21B3F3N5O2. The van der Waals surface area contributed by atoms with Gasteiger partial charge in [-0.1, -0.05) is 0 Å². The van der Waals surface area contributed by atoms with Gasteiger partial charge in [-0.05, 0) is 18.9 Å². The van der Waals surface area contributed by atoms with Crippen LogP contribution in [-0.2, 0) is 0 Å². The molecule has 2 heterocycles. The van der Waals surface area contributed by atoms with Crippen LogP contribution in [0, 0.1) is 17.6 Å². The van der Waals surface area contributed by atoms with Crippen molar-refractivity contribution in [2.75, 3.05) is 12.0 Å². The number of carbonyl (C=O) groups excluding carboxylic acids is 1. The first kappa shape index (κ1) is 22.7. The highest BCUT2D eigenvalue weighted by Crippen LogP contribution is 2.34. The Labute approximate surface area is 180 Å². The van der Waals surface area contributed by atoms with Crippen molar-refractivity contribution < 1.29 is 22.7 Å². The number of aliphatic imine (C=N–C) groups is 1. The number of carbonyl (C=O) groups is 1. The number of amides is 1. The van der Waals surface area contributed by atoms with E-state index in [0.717, 1.165) is 6.07 Å². The van der Waals surface area contributed by atoms with Crippen LogP contribution in [0.15, 0.2) is 29.5 Å². The fourth-order valence-electron chi connectivity index (χ4n) is 3.16. The summed E-state index contributed by atoms with van der Waals surface area (Å²) in [5.41, 5.74) is 5.69. The molecule has 0 bridgehead atoms. The zero-order valence-electron chi connectivity index (χ0n) is 17.5. The molecular weight excluding hydrogens is 408 g/mol. The van der Waals surface area contributed by atoms with Crippen LogP contribution < -0.4 is 15.8 Å². The van der Waals surface area contributed by atoms with Crippen LogP contribution in [0.2, 0.25) is 0 Å². The van der Waals surface area contributed by atoms with E-state index in [2.05, 4.69) is 20.3 Å². The minimum atomic E-state index is -1.14. The van der Waals surface area contributed by atoms with Crippen molar-refractivity contribution in [2.45, 2.75) is 24.2 Å². The second-order valence-corrected chi connectivity index (χ2v) is 8.27. The molecule has 1 aliphatic heterocycles. The average Bonchev–Trinajstić information content (AvgIpc) is 2.69. The van der Waals surface area contributed by atoms with Gasteiger partial charge in [0.2, 0.25) is 5.88 Å². The topological polar surface area (TPSA) is 102 Å². The van der Waals surface area contributed by atoms with Gasteiger partial charge in [-0.2, -0.15) is 0 Å². The van der Waals surface area contributed by atoms with Crippen molar-refractivity contribution >= 4 is 41.0 Å². The number of alkyl halides is 1. The monoisotopic (exact) mass is 429 g/mol. The zero-order chi connectivity index (χ0) is 22.8. The molecule has 1 amide bonds. The Kier molecular flexibility index (Phi) is 6.61. The molecule has 0 fully saturated rings. The first-order valence-corrected chi connectivity index (χ1v) is 9.78. The highest BCUT2D eigenvalue weighted by atomic mass is 19.2. The predicted octanol–water partition coefficient (Wildman–Crippen LogP) is -0.326. The zero-order valence-corrected chi connectivity index (χ0v) is 17.5. The lowest BCUT2D eigenvalue weighted by Crippen LogP contribution is -2.37. The smallest absolute Gasteiger partial charge is 0.275 e. The Hall–Kier alpha value is -2.98. The molecule has 2 aromatic rings.